The Morgan fingerprint density at radius 2 is 1.88 bits per heavy atom. The number of thioether (sulfide) groups is 1. The molecule has 2 heterocycles. The summed E-state index contributed by atoms with van der Waals surface area (Å²) in [5.41, 5.74) is 2.75. The summed E-state index contributed by atoms with van der Waals surface area (Å²) in [5.74, 6) is 0.0366. The highest BCUT2D eigenvalue weighted by molar-refractivity contribution is 8.00. The summed E-state index contributed by atoms with van der Waals surface area (Å²) in [5, 5.41) is 0.779. The van der Waals surface area contributed by atoms with Gasteiger partial charge in [0, 0.05) is 24.9 Å². The summed E-state index contributed by atoms with van der Waals surface area (Å²) in [4.78, 5) is 33.4. The molecule has 1 aromatic heterocycles. The molecule has 174 valence electrons. The van der Waals surface area contributed by atoms with Gasteiger partial charge in [0.1, 0.15) is 0 Å². The number of anilines is 1. The Labute approximate surface area is 199 Å². The van der Waals surface area contributed by atoms with Gasteiger partial charge in [0.15, 0.2) is 5.16 Å². The molecule has 1 aliphatic rings. The number of amides is 1. The Morgan fingerprint density at radius 3 is 2.67 bits per heavy atom. The normalized spacial score (nSPS) is 16.4. The van der Waals surface area contributed by atoms with Crippen molar-refractivity contribution in [3.8, 4) is 0 Å². The zero-order valence-electron chi connectivity index (χ0n) is 19.7. The lowest BCUT2D eigenvalue weighted by Gasteiger charge is -2.26. The lowest BCUT2D eigenvalue weighted by molar-refractivity contribution is -0.118. The molecule has 0 fully saturated rings. The number of carbonyl (C=O) groups is 1. The first-order valence-corrected chi connectivity index (χ1v) is 12.4. The van der Waals surface area contributed by atoms with Gasteiger partial charge in [0.25, 0.3) is 5.56 Å². The van der Waals surface area contributed by atoms with Gasteiger partial charge in [-0.25, -0.2) is 4.98 Å². The van der Waals surface area contributed by atoms with Gasteiger partial charge in [0.05, 0.1) is 22.3 Å². The van der Waals surface area contributed by atoms with Gasteiger partial charge in [-0.05, 0) is 64.3 Å². The van der Waals surface area contributed by atoms with Crippen LogP contribution in [-0.2, 0) is 22.5 Å². The SMILES string of the molecule is CC(C)OCCCn1c(S[C@H](C)C(=O)N2c3ccccc3C[C@@H]2C)nc2ccccc2c1=O. The molecule has 1 aliphatic heterocycles. The number of aromatic nitrogens is 2. The third-order valence-corrected chi connectivity index (χ3v) is 6.96. The minimum Gasteiger partial charge on any atom is -0.379 e. The summed E-state index contributed by atoms with van der Waals surface area (Å²) in [6.45, 7) is 9.03. The second kappa shape index (κ2) is 10.1. The fraction of sp³-hybridized carbons (Fsp3) is 0.423. The number of ether oxygens (including phenoxy) is 1. The highest BCUT2D eigenvalue weighted by atomic mass is 32.2. The van der Waals surface area contributed by atoms with E-state index in [1.165, 1.54) is 17.3 Å². The van der Waals surface area contributed by atoms with Gasteiger partial charge < -0.3 is 9.64 Å². The van der Waals surface area contributed by atoms with E-state index >= 15 is 0 Å². The van der Waals surface area contributed by atoms with E-state index in [1.54, 1.807) is 10.6 Å². The molecule has 0 aliphatic carbocycles. The molecule has 0 saturated carbocycles. The Morgan fingerprint density at radius 1 is 1.15 bits per heavy atom. The van der Waals surface area contributed by atoms with Crippen molar-refractivity contribution < 1.29 is 9.53 Å². The third-order valence-electron chi connectivity index (χ3n) is 5.88. The summed E-state index contributed by atoms with van der Waals surface area (Å²) in [6.07, 6.45) is 1.70. The Balaban J connectivity index is 1.61. The van der Waals surface area contributed by atoms with Crippen molar-refractivity contribution in [1.82, 2.24) is 9.55 Å². The maximum atomic E-state index is 13.5. The molecular formula is C26H31N3O3S. The van der Waals surface area contributed by atoms with E-state index in [2.05, 4.69) is 13.0 Å². The topological polar surface area (TPSA) is 64.4 Å². The van der Waals surface area contributed by atoms with Crippen molar-refractivity contribution in [2.24, 2.45) is 0 Å². The van der Waals surface area contributed by atoms with Crippen molar-refractivity contribution in [2.75, 3.05) is 11.5 Å². The Kier molecular flexibility index (Phi) is 7.20. The van der Waals surface area contributed by atoms with Crippen molar-refractivity contribution >= 4 is 34.3 Å². The van der Waals surface area contributed by atoms with Crippen LogP contribution in [0.4, 0.5) is 5.69 Å². The predicted octanol–water partition coefficient (Wildman–Crippen LogP) is 4.67. The first-order valence-electron chi connectivity index (χ1n) is 11.6. The van der Waals surface area contributed by atoms with Crippen LogP contribution in [0.3, 0.4) is 0 Å². The molecule has 0 unspecified atom stereocenters. The molecular weight excluding hydrogens is 434 g/mol. The smallest absolute Gasteiger partial charge is 0.262 e. The van der Waals surface area contributed by atoms with Crippen molar-refractivity contribution in [2.45, 2.75) is 69.6 Å². The third kappa shape index (κ3) is 4.99. The largest absolute Gasteiger partial charge is 0.379 e. The van der Waals surface area contributed by atoms with E-state index in [1.807, 2.05) is 62.1 Å². The molecule has 0 N–H and O–H groups in total. The number of nitrogens with zero attached hydrogens (tertiary/aromatic N) is 3. The van der Waals surface area contributed by atoms with Crippen molar-refractivity contribution in [3.05, 3.63) is 64.4 Å². The monoisotopic (exact) mass is 465 g/mol. The molecule has 1 amide bonds. The fourth-order valence-electron chi connectivity index (χ4n) is 4.28. The summed E-state index contributed by atoms with van der Waals surface area (Å²) in [7, 11) is 0. The quantitative estimate of drug-likeness (QED) is 0.275. The second-order valence-electron chi connectivity index (χ2n) is 8.79. The van der Waals surface area contributed by atoms with E-state index in [0.29, 0.717) is 35.6 Å². The minimum atomic E-state index is -0.384. The van der Waals surface area contributed by atoms with Crippen LogP contribution in [0.1, 0.15) is 39.7 Å². The highest BCUT2D eigenvalue weighted by Gasteiger charge is 2.34. The van der Waals surface area contributed by atoms with E-state index in [-0.39, 0.29) is 28.9 Å². The number of hydrogen-bond donors (Lipinski definition) is 0. The zero-order chi connectivity index (χ0) is 23.5. The van der Waals surface area contributed by atoms with Crippen LogP contribution in [0.5, 0.6) is 0 Å². The molecule has 0 bridgehead atoms. The average Bonchev–Trinajstić information content (AvgIpc) is 3.13. The van der Waals surface area contributed by atoms with Crippen LogP contribution in [0, 0.1) is 0 Å². The standard InChI is InChI=1S/C26H31N3O3S/c1-17(2)32-15-9-14-28-25(31)21-11-6-7-12-22(21)27-26(28)33-19(4)24(30)29-18(3)16-20-10-5-8-13-23(20)29/h5-8,10-13,17-19H,9,14-16H2,1-4H3/t18-,19+/m0/s1. The lowest BCUT2D eigenvalue weighted by atomic mass is 10.1. The minimum absolute atomic E-state index is 0.0366. The number of carbonyl (C=O) groups excluding carboxylic acids is 1. The van der Waals surface area contributed by atoms with Gasteiger partial charge in [-0.1, -0.05) is 42.1 Å². The predicted molar refractivity (Wildman–Crippen MR) is 134 cm³/mol. The van der Waals surface area contributed by atoms with E-state index in [9.17, 15) is 9.59 Å². The average molecular weight is 466 g/mol. The molecule has 33 heavy (non-hydrogen) atoms. The lowest BCUT2D eigenvalue weighted by Crippen LogP contribution is -2.40. The number of fused-ring (bicyclic) bond motifs is 2. The summed E-state index contributed by atoms with van der Waals surface area (Å²) in [6, 6.07) is 15.6. The first kappa shape index (κ1) is 23.5. The molecule has 0 radical (unpaired) electrons. The van der Waals surface area contributed by atoms with Gasteiger partial charge in [-0.15, -0.1) is 0 Å². The van der Waals surface area contributed by atoms with Crippen molar-refractivity contribution in [3.63, 3.8) is 0 Å². The maximum absolute atomic E-state index is 13.5. The number of rotatable bonds is 8. The van der Waals surface area contributed by atoms with Gasteiger partial charge in [-0.3, -0.25) is 14.2 Å². The Hall–Kier alpha value is -2.64. The van der Waals surface area contributed by atoms with Crippen molar-refractivity contribution in [1.29, 1.82) is 0 Å². The molecule has 3 aromatic rings. The molecule has 6 nitrogen and oxygen atoms in total. The van der Waals surface area contributed by atoms with E-state index in [0.717, 1.165) is 12.1 Å². The van der Waals surface area contributed by atoms with Gasteiger partial charge in [0.2, 0.25) is 5.91 Å². The van der Waals surface area contributed by atoms with Crippen LogP contribution in [0.15, 0.2) is 58.5 Å². The molecule has 2 aromatic carbocycles. The number of benzene rings is 2. The maximum Gasteiger partial charge on any atom is 0.262 e. The van der Waals surface area contributed by atoms with E-state index in [4.69, 9.17) is 9.72 Å². The van der Waals surface area contributed by atoms with Crippen LogP contribution < -0.4 is 10.5 Å². The molecule has 2 atom stereocenters. The van der Waals surface area contributed by atoms with Crippen LogP contribution in [0.2, 0.25) is 0 Å². The Bertz CT molecular complexity index is 1210. The van der Waals surface area contributed by atoms with Gasteiger partial charge in [-0.2, -0.15) is 0 Å². The highest BCUT2D eigenvalue weighted by Crippen LogP contribution is 2.34. The summed E-state index contributed by atoms with van der Waals surface area (Å²) < 4.78 is 7.36. The first-order chi connectivity index (χ1) is 15.9. The van der Waals surface area contributed by atoms with Crippen LogP contribution in [0.25, 0.3) is 10.9 Å². The number of para-hydroxylation sites is 2. The number of hydrogen-bond acceptors (Lipinski definition) is 5. The second-order valence-corrected chi connectivity index (χ2v) is 10.1. The fourth-order valence-corrected chi connectivity index (χ4v) is 5.27. The molecule has 0 saturated heterocycles. The molecule has 0 spiro atoms. The summed E-state index contributed by atoms with van der Waals surface area (Å²) >= 11 is 1.36. The zero-order valence-corrected chi connectivity index (χ0v) is 20.5. The van der Waals surface area contributed by atoms with Gasteiger partial charge >= 0.3 is 0 Å². The molecule has 4 rings (SSSR count). The van der Waals surface area contributed by atoms with Crippen LogP contribution in [-0.4, -0.2) is 39.5 Å². The van der Waals surface area contributed by atoms with E-state index < -0.39 is 0 Å². The molecule has 7 heteroatoms. The van der Waals surface area contributed by atoms with Crippen LogP contribution >= 0.6 is 11.8 Å².